The Morgan fingerprint density at radius 1 is 0.731 bits per heavy atom. The summed E-state index contributed by atoms with van der Waals surface area (Å²) in [5, 5.41) is 41.9. The second-order valence-corrected chi connectivity index (χ2v) is 17.2. The van der Waals surface area contributed by atoms with Crippen molar-refractivity contribution in [2.75, 3.05) is 46.1 Å². The first-order chi connectivity index (χ1) is 32.0. The standard InChI is InChI=1S/C46H77N5O16/c1-6-7-21-48-37(56)18-9-8-13-23-50-45(61)34(51-39(58)20-12-16-25-63-46-40(47)42(60)41(59)36(67-46)28-64-30(3)53)17-10-14-22-49-38(57)19-11-15-24-62-35-26-33(27-52)44(66-32(5)55)43(29(35)2)65-31(4)54/h1,29,33-36,40-44,46,52,59-60H,7-28,47H2,2-5H3,(H,48,56)(H,49,57)(H,50,61)(H,51,58)/t29?,33?,34-,35?,36?,40?,41?,42?,43?,44?,46?/m1/s1. The molecule has 21 nitrogen and oxygen atoms in total. The Bertz CT molecular complexity index is 1580. The van der Waals surface area contributed by atoms with E-state index in [1.165, 1.54) is 20.8 Å². The number of carbonyl (C=O) groups excluding carboxylic acids is 7. The number of esters is 3. The van der Waals surface area contributed by atoms with E-state index in [0.29, 0.717) is 110 Å². The van der Waals surface area contributed by atoms with Gasteiger partial charge >= 0.3 is 17.9 Å². The molecular formula is C46H77N5O16. The van der Waals surface area contributed by atoms with Gasteiger partial charge in [-0.2, -0.15) is 0 Å². The van der Waals surface area contributed by atoms with E-state index in [2.05, 4.69) is 27.2 Å². The molecule has 0 aromatic heterocycles. The van der Waals surface area contributed by atoms with Gasteiger partial charge in [0.15, 0.2) is 6.29 Å². The van der Waals surface area contributed by atoms with Gasteiger partial charge in [0.1, 0.15) is 43.2 Å². The van der Waals surface area contributed by atoms with Crippen molar-refractivity contribution >= 4 is 41.5 Å². The number of amides is 4. The molecule has 2 rings (SSSR count). The van der Waals surface area contributed by atoms with E-state index >= 15 is 0 Å². The van der Waals surface area contributed by atoms with E-state index in [-0.39, 0.29) is 68.3 Å². The minimum Gasteiger partial charge on any atom is -0.463 e. The maximum atomic E-state index is 13.3. The van der Waals surface area contributed by atoms with Crippen LogP contribution in [0.25, 0.3) is 0 Å². The number of aliphatic hydroxyl groups excluding tert-OH is 3. The highest BCUT2D eigenvalue weighted by Crippen LogP contribution is 2.36. The summed E-state index contributed by atoms with van der Waals surface area (Å²) in [5.41, 5.74) is 5.99. The highest BCUT2D eigenvalue weighted by atomic mass is 16.7. The van der Waals surface area contributed by atoms with Crippen molar-refractivity contribution in [1.29, 1.82) is 0 Å². The zero-order valence-electron chi connectivity index (χ0n) is 39.7. The number of rotatable bonds is 32. The summed E-state index contributed by atoms with van der Waals surface area (Å²) in [6.07, 6.45) is 5.26. The molecule has 67 heavy (non-hydrogen) atoms. The summed E-state index contributed by atoms with van der Waals surface area (Å²) in [5.74, 6) is -0.876. The Morgan fingerprint density at radius 3 is 1.94 bits per heavy atom. The summed E-state index contributed by atoms with van der Waals surface area (Å²) in [6.45, 7) is 6.60. The van der Waals surface area contributed by atoms with Crippen molar-refractivity contribution < 1.29 is 77.3 Å². The molecular weight excluding hydrogens is 879 g/mol. The molecule has 0 aromatic rings. The lowest BCUT2D eigenvalue weighted by Gasteiger charge is -2.43. The smallest absolute Gasteiger partial charge is 0.303 e. The third kappa shape index (κ3) is 23.4. The van der Waals surface area contributed by atoms with E-state index in [0.717, 1.165) is 0 Å². The average Bonchev–Trinajstić information content (AvgIpc) is 3.27. The summed E-state index contributed by atoms with van der Waals surface area (Å²) in [7, 11) is 0. The van der Waals surface area contributed by atoms with Crippen LogP contribution >= 0.6 is 0 Å². The van der Waals surface area contributed by atoms with Gasteiger partial charge in [-0.05, 0) is 64.2 Å². The Morgan fingerprint density at radius 2 is 1.31 bits per heavy atom. The topological polar surface area (TPSA) is 310 Å². The third-order valence-electron chi connectivity index (χ3n) is 11.5. The minimum atomic E-state index is -1.38. The van der Waals surface area contributed by atoms with E-state index in [1.807, 2.05) is 6.92 Å². The largest absolute Gasteiger partial charge is 0.463 e. The molecule has 1 aliphatic carbocycles. The van der Waals surface area contributed by atoms with Crippen LogP contribution in [0.3, 0.4) is 0 Å². The predicted molar refractivity (Wildman–Crippen MR) is 241 cm³/mol. The maximum absolute atomic E-state index is 13.3. The summed E-state index contributed by atoms with van der Waals surface area (Å²) in [6, 6.07) is -1.89. The third-order valence-corrected chi connectivity index (χ3v) is 11.5. The number of unbranched alkanes of at least 4 members (excludes halogenated alkanes) is 5. The van der Waals surface area contributed by atoms with Gasteiger partial charge in [-0.3, -0.25) is 33.6 Å². The van der Waals surface area contributed by atoms with Gasteiger partial charge in [0, 0.05) is 97.7 Å². The number of hydrogen-bond donors (Lipinski definition) is 8. The Labute approximate surface area is 394 Å². The molecule has 0 bridgehead atoms. The molecule has 1 saturated carbocycles. The number of aliphatic hydroxyl groups is 3. The van der Waals surface area contributed by atoms with Crippen LogP contribution in [0.5, 0.6) is 0 Å². The van der Waals surface area contributed by atoms with E-state index in [4.69, 9.17) is 40.6 Å². The van der Waals surface area contributed by atoms with Crippen LogP contribution in [0.15, 0.2) is 0 Å². The molecule has 2 fully saturated rings. The summed E-state index contributed by atoms with van der Waals surface area (Å²) < 4.78 is 33.2. The lowest BCUT2D eigenvalue weighted by molar-refractivity contribution is -0.267. The monoisotopic (exact) mass is 956 g/mol. The first kappa shape index (κ1) is 58.7. The highest BCUT2D eigenvalue weighted by molar-refractivity contribution is 5.87. The van der Waals surface area contributed by atoms with Crippen LogP contribution in [0.2, 0.25) is 0 Å². The average molecular weight is 956 g/mol. The first-order valence-corrected chi connectivity index (χ1v) is 23.6. The lowest BCUT2D eigenvalue weighted by Crippen LogP contribution is -2.62. The van der Waals surface area contributed by atoms with Crippen molar-refractivity contribution in [2.24, 2.45) is 17.6 Å². The van der Waals surface area contributed by atoms with Gasteiger partial charge < -0.3 is 70.7 Å². The molecule has 0 radical (unpaired) electrons. The second kappa shape index (κ2) is 33.1. The van der Waals surface area contributed by atoms with Gasteiger partial charge in [0.05, 0.1) is 12.1 Å². The minimum absolute atomic E-state index is 0.0804. The molecule has 1 aliphatic heterocycles. The normalized spacial score (nSPS) is 25.1. The zero-order chi connectivity index (χ0) is 49.7. The fourth-order valence-electron chi connectivity index (χ4n) is 7.80. The molecule has 1 heterocycles. The van der Waals surface area contributed by atoms with Crippen LogP contribution in [-0.2, 0) is 62.0 Å². The molecule has 0 spiro atoms. The van der Waals surface area contributed by atoms with Crippen LogP contribution < -0.4 is 27.0 Å². The van der Waals surface area contributed by atoms with Crippen LogP contribution in [0.4, 0.5) is 0 Å². The second-order valence-electron chi connectivity index (χ2n) is 17.2. The van der Waals surface area contributed by atoms with E-state index in [1.54, 1.807) is 0 Å². The lowest BCUT2D eigenvalue weighted by atomic mass is 9.76. The maximum Gasteiger partial charge on any atom is 0.303 e. The number of ether oxygens (including phenoxy) is 6. The molecule has 1 saturated heterocycles. The van der Waals surface area contributed by atoms with Crippen molar-refractivity contribution in [3.05, 3.63) is 0 Å². The van der Waals surface area contributed by atoms with Gasteiger partial charge in [0.2, 0.25) is 23.6 Å². The number of nitrogens with two attached hydrogens (primary N) is 1. The Hall–Kier alpha value is -4.43. The van der Waals surface area contributed by atoms with Crippen LogP contribution in [-0.4, -0.2) is 158 Å². The van der Waals surface area contributed by atoms with Crippen molar-refractivity contribution in [3.63, 3.8) is 0 Å². The number of nitrogens with one attached hydrogen (secondary N) is 4. The van der Waals surface area contributed by atoms with Gasteiger partial charge in [-0.25, -0.2) is 0 Å². The zero-order valence-corrected chi connectivity index (χ0v) is 39.7. The molecule has 2 aliphatic rings. The predicted octanol–water partition coefficient (Wildman–Crippen LogP) is 0.165. The molecule has 4 amide bonds. The van der Waals surface area contributed by atoms with Crippen molar-refractivity contribution in [3.8, 4) is 12.3 Å². The highest BCUT2D eigenvalue weighted by Gasteiger charge is 2.47. The van der Waals surface area contributed by atoms with Gasteiger partial charge in [-0.1, -0.05) is 13.3 Å². The Balaban J connectivity index is 1.79. The fourth-order valence-corrected chi connectivity index (χ4v) is 7.80. The van der Waals surface area contributed by atoms with Gasteiger partial charge in [-0.15, -0.1) is 12.3 Å². The molecule has 21 heteroatoms. The summed E-state index contributed by atoms with van der Waals surface area (Å²) >= 11 is 0. The molecule has 382 valence electrons. The fraction of sp³-hybridized carbons (Fsp3) is 0.804. The van der Waals surface area contributed by atoms with E-state index in [9.17, 15) is 48.9 Å². The van der Waals surface area contributed by atoms with Crippen molar-refractivity contribution in [2.45, 2.75) is 179 Å². The number of hydrogen-bond acceptors (Lipinski definition) is 17. The van der Waals surface area contributed by atoms with Gasteiger partial charge in [0.25, 0.3) is 0 Å². The first-order valence-electron chi connectivity index (χ1n) is 23.6. The number of terminal acetylenes is 1. The molecule has 9 N–H and O–H groups in total. The van der Waals surface area contributed by atoms with Crippen molar-refractivity contribution in [1.82, 2.24) is 21.3 Å². The SMILES string of the molecule is C#CCCNC(=O)CCCCCNC(=O)[C@@H](CCCCNC(=O)CCCCOC1CC(CO)C(OC(C)=O)C(OC(C)=O)C1C)NC(=O)CCCCOC1OC(COC(C)=O)C(O)C(O)C1N. The van der Waals surface area contributed by atoms with Crippen LogP contribution in [0.1, 0.15) is 124 Å². The van der Waals surface area contributed by atoms with Crippen LogP contribution in [0, 0.1) is 24.2 Å². The molecule has 11 atom stereocenters. The molecule has 10 unspecified atom stereocenters. The Kier molecular flexibility index (Phi) is 29.0. The summed E-state index contributed by atoms with van der Waals surface area (Å²) in [4.78, 5) is 85.6. The van der Waals surface area contributed by atoms with E-state index < -0.39 is 72.7 Å². The quantitative estimate of drug-likeness (QED) is 0.0193. The molecule has 0 aromatic carbocycles. The number of carbonyl (C=O) groups is 7.